The highest BCUT2D eigenvalue weighted by Gasteiger charge is 2.31. The molecule has 112 valence electrons. The molecule has 0 bridgehead atoms. The monoisotopic (exact) mass is 310 g/mol. The molecule has 1 aliphatic heterocycles. The van der Waals surface area contributed by atoms with Crippen LogP contribution in [0.15, 0.2) is 29.4 Å². The standard InChI is InChI=1S/C13H15FN4O2S/c1-9-6-10(14)12(7-11(9)15)21(19,20)18-5-4-17-3-2-16-13(17)8-18/h2-3,6-7H,4-5,8,15H2,1H3. The Labute approximate surface area is 122 Å². The van der Waals surface area contributed by atoms with E-state index in [-0.39, 0.29) is 23.7 Å². The highest BCUT2D eigenvalue weighted by Crippen LogP contribution is 2.26. The smallest absolute Gasteiger partial charge is 0.246 e. The molecule has 1 aliphatic rings. The van der Waals surface area contributed by atoms with Crippen LogP contribution >= 0.6 is 0 Å². The molecule has 0 saturated carbocycles. The minimum absolute atomic E-state index is 0.128. The number of sulfonamides is 1. The van der Waals surface area contributed by atoms with Crippen LogP contribution in [0.5, 0.6) is 0 Å². The third-order valence-corrected chi connectivity index (χ3v) is 5.51. The Morgan fingerprint density at radius 3 is 2.86 bits per heavy atom. The molecule has 8 heteroatoms. The van der Waals surface area contributed by atoms with E-state index in [0.717, 1.165) is 6.07 Å². The molecule has 0 atom stereocenters. The molecule has 0 radical (unpaired) electrons. The van der Waals surface area contributed by atoms with Crippen molar-refractivity contribution in [2.24, 2.45) is 0 Å². The minimum Gasteiger partial charge on any atom is -0.398 e. The van der Waals surface area contributed by atoms with Gasteiger partial charge in [0.05, 0.1) is 6.54 Å². The number of rotatable bonds is 2. The van der Waals surface area contributed by atoms with Crippen molar-refractivity contribution in [3.05, 3.63) is 41.7 Å². The van der Waals surface area contributed by atoms with Crippen LogP contribution in [0, 0.1) is 12.7 Å². The van der Waals surface area contributed by atoms with E-state index in [1.165, 1.54) is 10.4 Å². The highest BCUT2D eigenvalue weighted by atomic mass is 32.2. The Bertz CT molecular complexity index is 800. The lowest BCUT2D eigenvalue weighted by Crippen LogP contribution is -2.38. The van der Waals surface area contributed by atoms with Gasteiger partial charge in [0.15, 0.2) is 0 Å². The van der Waals surface area contributed by atoms with Crippen LogP contribution in [-0.2, 0) is 23.1 Å². The summed E-state index contributed by atoms with van der Waals surface area (Å²) in [5, 5.41) is 0. The lowest BCUT2D eigenvalue weighted by atomic mass is 10.2. The minimum atomic E-state index is -3.93. The summed E-state index contributed by atoms with van der Waals surface area (Å²) in [6, 6.07) is 2.33. The Morgan fingerprint density at radius 2 is 2.10 bits per heavy atom. The number of aromatic nitrogens is 2. The molecule has 0 spiro atoms. The number of nitrogens with zero attached hydrogens (tertiary/aromatic N) is 3. The average molecular weight is 310 g/mol. The van der Waals surface area contributed by atoms with Crippen LogP contribution in [0.4, 0.5) is 10.1 Å². The van der Waals surface area contributed by atoms with Crippen molar-refractivity contribution < 1.29 is 12.8 Å². The lowest BCUT2D eigenvalue weighted by Gasteiger charge is -2.27. The van der Waals surface area contributed by atoms with Gasteiger partial charge in [0.1, 0.15) is 16.5 Å². The third kappa shape index (κ3) is 2.30. The van der Waals surface area contributed by atoms with E-state index in [2.05, 4.69) is 4.98 Å². The maximum Gasteiger partial charge on any atom is 0.246 e. The summed E-state index contributed by atoms with van der Waals surface area (Å²) in [5.74, 6) is -0.138. The van der Waals surface area contributed by atoms with E-state index in [1.807, 2.05) is 4.57 Å². The number of benzene rings is 1. The van der Waals surface area contributed by atoms with Gasteiger partial charge >= 0.3 is 0 Å². The van der Waals surface area contributed by atoms with E-state index in [0.29, 0.717) is 17.9 Å². The fourth-order valence-corrected chi connectivity index (χ4v) is 3.83. The Balaban J connectivity index is 2.00. The number of hydrogen-bond acceptors (Lipinski definition) is 4. The number of imidazole rings is 1. The van der Waals surface area contributed by atoms with E-state index in [1.54, 1.807) is 19.3 Å². The molecule has 0 fully saturated rings. The van der Waals surface area contributed by atoms with Crippen molar-refractivity contribution in [2.75, 3.05) is 12.3 Å². The largest absolute Gasteiger partial charge is 0.398 e. The molecule has 1 aromatic heterocycles. The van der Waals surface area contributed by atoms with Crippen molar-refractivity contribution in [1.82, 2.24) is 13.9 Å². The Morgan fingerprint density at radius 1 is 1.33 bits per heavy atom. The zero-order valence-electron chi connectivity index (χ0n) is 11.5. The van der Waals surface area contributed by atoms with Gasteiger partial charge in [0, 0.05) is 31.2 Å². The van der Waals surface area contributed by atoms with Gasteiger partial charge in [0.2, 0.25) is 10.0 Å². The van der Waals surface area contributed by atoms with E-state index in [4.69, 9.17) is 5.73 Å². The van der Waals surface area contributed by atoms with Crippen LogP contribution in [0.25, 0.3) is 0 Å². The zero-order chi connectivity index (χ0) is 15.2. The van der Waals surface area contributed by atoms with E-state index >= 15 is 0 Å². The second-order valence-electron chi connectivity index (χ2n) is 5.01. The van der Waals surface area contributed by atoms with Crippen molar-refractivity contribution in [2.45, 2.75) is 24.9 Å². The van der Waals surface area contributed by atoms with Gasteiger partial charge < -0.3 is 10.3 Å². The second kappa shape index (κ2) is 4.81. The number of nitrogen functional groups attached to an aromatic ring is 1. The van der Waals surface area contributed by atoms with Crippen LogP contribution in [0.1, 0.15) is 11.4 Å². The van der Waals surface area contributed by atoms with Crippen molar-refractivity contribution in [3.63, 3.8) is 0 Å². The average Bonchev–Trinajstić information content (AvgIpc) is 2.90. The number of fused-ring (bicyclic) bond motifs is 1. The maximum atomic E-state index is 14.0. The number of aryl methyl sites for hydroxylation is 1. The molecule has 0 aliphatic carbocycles. The van der Waals surface area contributed by atoms with Gasteiger partial charge in [-0.1, -0.05) is 0 Å². The summed E-state index contributed by atoms with van der Waals surface area (Å²) >= 11 is 0. The number of hydrogen-bond donors (Lipinski definition) is 1. The fraction of sp³-hybridized carbons (Fsp3) is 0.308. The second-order valence-corrected chi connectivity index (χ2v) is 6.92. The first kappa shape index (κ1) is 14.0. The van der Waals surface area contributed by atoms with Crippen molar-refractivity contribution >= 4 is 15.7 Å². The molecule has 0 unspecified atom stereocenters. The zero-order valence-corrected chi connectivity index (χ0v) is 12.3. The fourth-order valence-electron chi connectivity index (χ4n) is 2.36. The third-order valence-electron chi connectivity index (χ3n) is 3.65. The van der Waals surface area contributed by atoms with Gasteiger partial charge in [-0.25, -0.2) is 17.8 Å². The van der Waals surface area contributed by atoms with Gasteiger partial charge in [-0.05, 0) is 24.6 Å². The van der Waals surface area contributed by atoms with E-state index < -0.39 is 15.8 Å². The molecule has 2 heterocycles. The molecule has 0 saturated heterocycles. The summed E-state index contributed by atoms with van der Waals surface area (Å²) in [6.07, 6.45) is 3.42. The Kier molecular flexibility index (Phi) is 3.22. The normalized spacial score (nSPS) is 15.9. The summed E-state index contributed by atoms with van der Waals surface area (Å²) in [7, 11) is -3.93. The van der Waals surface area contributed by atoms with Gasteiger partial charge in [-0.3, -0.25) is 0 Å². The molecule has 21 heavy (non-hydrogen) atoms. The van der Waals surface area contributed by atoms with Gasteiger partial charge in [0.25, 0.3) is 0 Å². The first-order valence-electron chi connectivity index (χ1n) is 6.45. The number of nitrogens with two attached hydrogens (primary N) is 1. The maximum absolute atomic E-state index is 14.0. The summed E-state index contributed by atoms with van der Waals surface area (Å²) in [4.78, 5) is 3.72. The van der Waals surface area contributed by atoms with E-state index in [9.17, 15) is 12.8 Å². The SMILES string of the molecule is Cc1cc(F)c(S(=O)(=O)N2CCn3ccnc3C2)cc1N. The summed E-state index contributed by atoms with van der Waals surface area (Å²) in [6.45, 7) is 2.53. The van der Waals surface area contributed by atoms with Crippen LogP contribution < -0.4 is 5.73 Å². The predicted octanol–water partition coefficient (Wildman–Crippen LogP) is 1.12. The molecule has 1 aromatic carbocycles. The molecular formula is C13H15FN4O2S. The number of anilines is 1. The summed E-state index contributed by atoms with van der Waals surface area (Å²) < 4.78 is 42.3. The van der Waals surface area contributed by atoms with Crippen LogP contribution in [0.3, 0.4) is 0 Å². The molecule has 6 nitrogen and oxygen atoms in total. The number of halogens is 1. The molecular weight excluding hydrogens is 295 g/mol. The molecule has 0 amide bonds. The molecule has 2 N–H and O–H groups in total. The Hall–Kier alpha value is -1.93. The topological polar surface area (TPSA) is 81.2 Å². The first-order valence-corrected chi connectivity index (χ1v) is 7.89. The van der Waals surface area contributed by atoms with Gasteiger partial charge in [-0.2, -0.15) is 4.31 Å². The molecule has 2 aromatic rings. The predicted molar refractivity (Wildman–Crippen MR) is 75.4 cm³/mol. The van der Waals surface area contributed by atoms with Crippen molar-refractivity contribution in [1.29, 1.82) is 0 Å². The highest BCUT2D eigenvalue weighted by molar-refractivity contribution is 7.89. The summed E-state index contributed by atoms with van der Waals surface area (Å²) in [5.41, 5.74) is 6.48. The quantitative estimate of drug-likeness (QED) is 0.843. The van der Waals surface area contributed by atoms with Crippen LogP contribution in [0.2, 0.25) is 0 Å². The lowest BCUT2D eigenvalue weighted by molar-refractivity contribution is 0.334. The van der Waals surface area contributed by atoms with Crippen LogP contribution in [-0.4, -0.2) is 28.8 Å². The molecule has 3 rings (SSSR count). The van der Waals surface area contributed by atoms with Crippen molar-refractivity contribution in [3.8, 4) is 0 Å². The first-order chi connectivity index (χ1) is 9.89. The van der Waals surface area contributed by atoms with Gasteiger partial charge in [-0.15, -0.1) is 0 Å².